The highest BCUT2D eigenvalue weighted by Gasteiger charge is 2.42. The van der Waals surface area contributed by atoms with Gasteiger partial charge in [-0.25, -0.2) is 19.2 Å². The third-order valence-corrected chi connectivity index (χ3v) is 6.03. The molecule has 0 saturated carbocycles. The van der Waals surface area contributed by atoms with Crippen molar-refractivity contribution in [1.29, 1.82) is 0 Å². The fourth-order valence-electron chi connectivity index (χ4n) is 3.21. The number of hydrogen-bond acceptors (Lipinski definition) is 6. The topological polar surface area (TPSA) is 85.8 Å². The van der Waals surface area contributed by atoms with E-state index in [-0.39, 0.29) is 28.4 Å². The Bertz CT molecular complexity index is 1040. The summed E-state index contributed by atoms with van der Waals surface area (Å²) >= 11 is 6.90. The molecular weight excluding hydrogens is 448 g/mol. The number of nitrogens with zero attached hydrogens (tertiary/aromatic N) is 2. The summed E-state index contributed by atoms with van der Waals surface area (Å²) in [4.78, 5) is 31.1. The number of thioether (sulfide) groups is 1. The molecule has 0 spiro atoms. The van der Waals surface area contributed by atoms with Crippen LogP contribution in [0.4, 0.5) is 14.5 Å². The first kappa shape index (κ1) is 21.7. The van der Waals surface area contributed by atoms with Gasteiger partial charge < -0.3 is 5.32 Å². The minimum atomic E-state index is -1.07. The van der Waals surface area contributed by atoms with Crippen molar-refractivity contribution in [2.45, 2.75) is 12.7 Å². The maximum absolute atomic E-state index is 13.8. The van der Waals surface area contributed by atoms with Crippen LogP contribution < -0.4 is 21.1 Å². The van der Waals surface area contributed by atoms with Crippen molar-refractivity contribution in [2.24, 2.45) is 10.9 Å². The van der Waals surface area contributed by atoms with Gasteiger partial charge in [-0.3, -0.25) is 19.9 Å². The van der Waals surface area contributed by atoms with Gasteiger partial charge in [0.05, 0.1) is 17.4 Å². The van der Waals surface area contributed by atoms with Crippen molar-refractivity contribution in [3.63, 3.8) is 0 Å². The minimum absolute atomic E-state index is 0.00923. The van der Waals surface area contributed by atoms with Crippen molar-refractivity contribution in [2.75, 3.05) is 17.2 Å². The van der Waals surface area contributed by atoms with Crippen LogP contribution in [0.5, 0.6) is 0 Å². The molecule has 2 aromatic carbocycles. The quantitative estimate of drug-likeness (QED) is 0.631. The van der Waals surface area contributed by atoms with Gasteiger partial charge in [0.1, 0.15) is 6.17 Å². The molecule has 2 aliphatic heterocycles. The Kier molecular flexibility index (Phi) is 6.51. The van der Waals surface area contributed by atoms with E-state index in [0.29, 0.717) is 18.1 Å². The Morgan fingerprint density at radius 3 is 2.74 bits per heavy atom. The third kappa shape index (κ3) is 4.87. The van der Waals surface area contributed by atoms with E-state index in [1.54, 1.807) is 12.1 Å². The second kappa shape index (κ2) is 9.31. The van der Waals surface area contributed by atoms with E-state index >= 15 is 0 Å². The molecule has 2 atom stereocenters. The maximum Gasteiger partial charge on any atom is 0.241 e. The zero-order chi connectivity index (χ0) is 22.0. The fourth-order valence-corrected chi connectivity index (χ4v) is 4.22. The predicted molar refractivity (Wildman–Crippen MR) is 115 cm³/mol. The van der Waals surface area contributed by atoms with Crippen LogP contribution in [0.1, 0.15) is 5.56 Å². The summed E-state index contributed by atoms with van der Waals surface area (Å²) in [7, 11) is 0. The van der Waals surface area contributed by atoms with E-state index in [2.05, 4.69) is 21.2 Å². The van der Waals surface area contributed by atoms with Crippen molar-refractivity contribution >= 4 is 46.0 Å². The van der Waals surface area contributed by atoms with Gasteiger partial charge in [-0.15, -0.1) is 0 Å². The van der Waals surface area contributed by atoms with E-state index in [9.17, 15) is 18.4 Å². The van der Waals surface area contributed by atoms with Gasteiger partial charge in [-0.2, -0.15) is 0 Å². The molecule has 0 radical (unpaired) electrons. The Balaban J connectivity index is 1.47. The van der Waals surface area contributed by atoms with Crippen LogP contribution in [0, 0.1) is 17.6 Å². The number of rotatable bonds is 5. The molecule has 162 valence electrons. The van der Waals surface area contributed by atoms with E-state index in [4.69, 9.17) is 11.6 Å². The fraction of sp³-hybridized carbons (Fsp3) is 0.250. The molecule has 2 unspecified atom stereocenters. The van der Waals surface area contributed by atoms with Crippen LogP contribution in [-0.4, -0.2) is 35.4 Å². The number of carbonyl (C=O) groups is 2. The predicted octanol–water partition coefficient (Wildman–Crippen LogP) is 2.42. The number of halogens is 3. The maximum atomic E-state index is 13.8. The molecule has 4 rings (SSSR count). The van der Waals surface area contributed by atoms with Crippen LogP contribution in [0.2, 0.25) is 5.02 Å². The molecule has 11 heteroatoms. The number of benzene rings is 2. The second-order valence-corrected chi connectivity index (χ2v) is 8.33. The number of nitrogens with one attached hydrogen (secondary N) is 3. The van der Waals surface area contributed by atoms with Crippen LogP contribution >= 0.6 is 23.4 Å². The lowest BCUT2D eigenvalue weighted by Crippen LogP contribution is -2.49. The molecule has 1 fully saturated rings. The molecule has 3 N–H and O–H groups in total. The Morgan fingerprint density at radius 2 is 2.00 bits per heavy atom. The molecule has 0 aliphatic carbocycles. The molecule has 7 nitrogen and oxygen atoms in total. The van der Waals surface area contributed by atoms with Gasteiger partial charge in [-0.05, 0) is 29.8 Å². The summed E-state index contributed by atoms with van der Waals surface area (Å²) < 4.78 is 27.2. The van der Waals surface area contributed by atoms with Gasteiger partial charge in [-0.1, -0.05) is 35.5 Å². The summed E-state index contributed by atoms with van der Waals surface area (Å²) in [6.07, 6.45) is -0.492. The van der Waals surface area contributed by atoms with Gasteiger partial charge >= 0.3 is 0 Å². The summed E-state index contributed by atoms with van der Waals surface area (Å²) in [6.45, 7) is 0.678. The second-order valence-electron chi connectivity index (χ2n) is 6.95. The Hall–Kier alpha value is -2.53. The number of fused-ring (bicyclic) bond motifs is 1. The van der Waals surface area contributed by atoms with Crippen molar-refractivity contribution in [1.82, 2.24) is 16.2 Å². The van der Waals surface area contributed by atoms with E-state index in [0.717, 1.165) is 29.5 Å². The number of hydrogen-bond donors (Lipinski definition) is 3. The van der Waals surface area contributed by atoms with Crippen LogP contribution in [0.25, 0.3) is 0 Å². The first-order valence-electron chi connectivity index (χ1n) is 9.41. The molecule has 2 heterocycles. The van der Waals surface area contributed by atoms with Crippen molar-refractivity contribution in [3.8, 4) is 0 Å². The highest BCUT2D eigenvalue weighted by atomic mass is 35.5. The lowest BCUT2D eigenvalue weighted by Gasteiger charge is -2.32. The Labute approximate surface area is 186 Å². The third-order valence-electron chi connectivity index (χ3n) is 4.83. The monoisotopic (exact) mass is 465 g/mol. The summed E-state index contributed by atoms with van der Waals surface area (Å²) in [6, 6.07) is 10.3. The average Bonchev–Trinajstić information content (AvgIpc) is 3.23. The summed E-state index contributed by atoms with van der Waals surface area (Å²) in [5, 5.41) is 3.63. The van der Waals surface area contributed by atoms with Gasteiger partial charge in [0.15, 0.2) is 16.8 Å². The number of amides is 2. The number of aliphatic imine (C=N–C) groups is 1. The highest BCUT2D eigenvalue weighted by molar-refractivity contribution is 8.14. The zero-order valence-corrected chi connectivity index (χ0v) is 17.6. The van der Waals surface area contributed by atoms with Crippen LogP contribution in [0.15, 0.2) is 47.5 Å². The molecule has 31 heavy (non-hydrogen) atoms. The van der Waals surface area contributed by atoms with Crippen LogP contribution in [-0.2, 0) is 16.1 Å². The molecule has 0 aromatic heterocycles. The lowest BCUT2D eigenvalue weighted by molar-refractivity contribution is -0.121. The summed E-state index contributed by atoms with van der Waals surface area (Å²) in [5.41, 5.74) is 6.83. The van der Waals surface area contributed by atoms with Gasteiger partial charge in [0.25, 0.3) is 0 Å². The largest absolute Gasteiger partial charge is 0.351 e. The number of hydrazine groups is 1. The van der Waals surface area contributed by atoms with Gasteiger partial charge in [0, 0.05) is 24.2 Å². The number of carbonyl (C=O) groups excluding carboxylic acids is 2. The zero-order valence-electron chi connectivity index (χ0n) is 16.1. The number of amidine groups is 1. The smallest absolute Gasteiger partial charge is 0.241 e. The molecule has 1 saturated heterocycles. The summed E-state index contributed by atoms with van der Waals surface area (Å²) in [5.74, 6) is -3.16. The van der Waals surface area contributed by atoms with Crippen molar-refractivity contribution in [3.05, 3.63) is 64.7 Å². The first-order chi connectivity index (χ1) is 14.9. The first-order valence-corrected chi connectivity index (χ1v) is 10.8. The van der Waals surface area contributed by atoms with Crippen LogP contribution in [0.3, 0.4) is 0 Å². The minimum Gasteiger partial charge on any atom is -0.351 e. The SMILES string of the molecule is O=C(CSC1=NC2NNCC2C(=O)N1c1ccc(F)c(F)c1)NCc1ccc(Cl)cc1. The van der Waals surface area contributed by atoms with Crippen molar-refractivity contribution < 1.29 is 18.4 Å². The van der Waals surface area contributed by atoms with E-state index < -0.39 is 23.7 Å². The molecule has 2 amide bonds. The molecule has 0 bridgehead atoms. The lowest BCUT2D eigenvalue weighted by atomic mass is 10.0. The average molecular weight is 466 g/mol. The molecule has 2 aliphatic rings. The van der Waals surface area contributed by atoms with E-state index in [1.165, 1.54) is 11.0 Å². The number of anilines is 1. The highest BCUT2D eigenvalue weighted by Crippen LogP contribution is 2.30. The van der Waals surface area contributed by atoms with Gasteiger partial charge in [0.2, 0.25) is 11.8 Å². The normalized spacial score (nSPS) is 20.4. The Morgan fingerprint density at radius 1 is 1.23 bits per heavy atom. The standard InChI is InChI=1S/C20H18ClF2N5O2S/c21-12-3-1-11(2-4-12)8-24-17(29)10-31-20-26-18-14(9-25-27-18)19(30)28(20)13-5-6-15(22)16(23)7-13/h1-7,14,18,25,27H,8-10H2,(H,24,29). The molecular formula is C20H18ClF2N5O2S. The van der Waals surface area contributed by atoms with E-state index in [1.807, 2.05) is 12.1 Å². The molecule has 2 aromatic rings.